The van der Waals surface area contributed by atoms with Gasteiger partial charge in [-0.15, -0.1) is 6.58 Å². The molecule has 3 aliphatic heterocycles. The predicted molar refractivity (Wildman–Crippen MR) is 121 cm³/mol. The van der Waals surface area contributed by atoms with Gasteiger partial charge in [-0.05, 0) is 55.0 Å². The Hall–Kier alpha value is -3.05. The molecule has 1 N–H and O–H groups in total. The number of pyridine rings is 2. The number of carbonyl (C=O) groups excluding carboxylic acids is 1. The third kappa shape index (κ3) is 3.63. The maximum Gasteiger partial charge on any atom is 0.316 e. The van der Waals surface area contributed by atoms with E-state index >= 15 is 0 Å². The van der Waals surface area contributed by atoms with E-state index in [1.54, 1.807) is 0 Å². The van der Waals surface area contributed by atoms with Crippen molar-refractivity contribution in [3.8, 4) is 0 Å². The van der Waals surface area contributed by atoms with Crippen LogP contribution in [0.2, 0.25) is 0 Å². The van der Waals surface area contributed by atoms with E-state index in [1.165, 1.54) is 6.42 Å². The molecule has 0 spiro atoms. The van der Waals surface area contributed by atoms with Crippen LogP contribution in [0.5, 0.6) is 0 Å². The number of nitrogens with one attached hydrogen (secondary N) is 1. The first-order valence-electron chi connectivity index (χ1n) is 11.1. The molecule has 0 radical (unpaired) electrons. The van der Waals surface area contributed by atoms with Crippen molar-refractivity contribution in [2.24, 2.45) is 18.9 Å². The van der Waals surface area contributed by atoms with Crippen molar-refractivity contribution in [2.45, 2.75) is 24.9 Å². The molecule has 3 aromatic rings. The normalized spacial score (nSPS) is 25.8. The van der Waals surface area contributed by atoms with Gasteiger partial charge in [-0.25, -0.2) is 0 Å². The summed E-state index contributed by atoms with van der Waals surface area (Å²) in [5, 5.41) is 4.52. The molecule has 2 bridgehead atoms. The minimum atomic E-state index is -0.103. The van der Waals surface area contributed by atoms with Crippen LogP contribution in [-0.4, -0.2) is 34.9 Å². The number of benzene rings is 1. The van der Waals surface area contributed by atoms with Crippen molar-refractivity contribution in [2.75, 3.05) is 13.1 Å². The minimum Gasteiger partial charge on any atom is -0.338 e. The fraction of sp³-hybridized carbons (Fsp3) is 0.346. The lowest BCUT2D eigenvalue weighted by Crippen LogP contribution is -2.57. The van der Waals surface area contributed by atoms with E-state index in [1.807, 2.05) is 60.4 Å². The minimum absolute atomic E-state index is 0.0445. The van der Waals surface area contributed by atoms with Crippen LogP contribution in [0, 0.1) is 11.8 Å². The summed E-state index contributed by atoms with van der Waals surface area (Å²) in [6.07, 6.45) is 8.17. The molecule has 0 aliphatic carbocycles. The van der Waals surface area contributed by atoms with Crippen LogP contribution in [0.15, 0.2) is 73.6 Å². The number of hydrogen-bond donors (Lipinski definition) is 1. The Bertz CT molecular complexity index is 1120. The maximum atomic E-state index is 13.4. The van der Waals surface area contributed by atoms with Crippen LogP contribution >= 0.6 is 0 Å². The lowest BCUT2D eigenvalue weighted by molar-refractivity contribution is -0.673. The van der Waals surface area contributed by atoms with Gasteiger partial charge >= 0.3 is 5.91 Å². The zero-order valence-electron chi connectivity index (χ0n) is 17.9. The first-order chi connectivity index (χ1) is 15.2. The molecule has 5 nitrogen and oxygen atoms in total. The zero-order valence-corrected chi connectivity index (χ0v) is 17.9. The van der Waals surface area contributed by atoms with Gasteiger partial charge in [0.2, 0.25) is 0 Å². The summed E-state index contributed by atoms with van der Waals surface area (Å²) >= 11 is 0. The molecule has 1 aromatic carbocycles. The van der Waals surface area contributed by atoms with E-state index in [0.29, 0.717) is 17.5 Å². The maximum absolute atomic E-state index is 13.4. The van der Waals surface area contributed by atoms with E-state index < -0.39 is 0 Å². The van der Waals surface area contributed by atoms with Crippen molar-refractivity contribution < 1.29 is 9.36 Å². The third-order valence-corrected chi connectivity index (χ3v) is 7.13. The fourth-order valence-electron chi connectivity index (χ4n) is 5.47. The Kier molecular flexibility index (Phi) is 5.28. The van der Waals surface area contributed by atoms with Crippen molar-refractivity contribution >= 4 is 16.8 Å². The molecule has 3 aliphatic rings. The van der Waals surface area contributed by atoms with Gasteiger partial charge in [0, 0.05) is 36.3 Å². The van der Waals surface area contributed by atoms with Crippen LogP contribution in [0.1, 0.15) is 34.9 Å². The molecule has 6 rings (SSSR count). The quantitative estimate of drug-likeness (QED) is 0.515. The second-order valence-electron chi connectivity index (χ2n) is 8.81. The van der Waals surface area contributed by atoms with Gasteiger partial charge in [0.15, 0.2) is 6.20 Å². The first-order valence-corrected chi connectivity index (χ1v) is 11.1. The number of fused-ring (bicyclic) bond motifs is 4. The fourth-order valence-corrected chi connectivity index (χ4v) is 5.47. The summed E-state index contributed by atoms with van der Waals surface area (Å²) in [7, 11) is 1.91. The van der Waals surface area contributed by atoms with Crippen molar-refractivity contribution in [3.63, 3.8) is 0 Å². The van der Waals surface area contributed by atoms with Crippen molar-refractivity contribution in [3.05, 3.63) is 84.8 Å². The third-order valence-electron chi connectivity index (χ3n) is 7.13. The molecular formula is C26H29N4O+. The second-order valence-corrected chi connectivity index (χ2v) is 8.81. The zero-order chi connectivity index (χ0) is 21.4. The standard InChI is InChI=1S/C26H28N4O/c1-3-18-17-30-15-12-19(18)16-24(30)25(28-26(31)23-10-6-7-14-29(23)2)21-11-13-27-22-9-5-4-8-20(21)22/h3-11,13-14,18-19,24-25H,1,12,15-17H2,2H3/p+1/t18?,19?,24-,25-/m0/s1. The lowest BCUT2D eigenvalue weighted by atomic mass is 9.73. The van der Waals surface area contributed by atoms with Crippen molar-refractivity contribution in [1.82, 2.24) is 15.2 Å². The molecule has 5 heterocycles. The smallest absolute Gasteiger partial charge is 0.316 e. The molecule has 3 unspecified atom stereocenters. The number of carbonyl (C=O) groups is 1. The molecule has 31 heavy (non-hydrogen) atoms. The number of piperidine rings is 3. The number of rotatable bonds is 5. The SMILES string of the molecule is C=CC1CN2CCC1C[C@H]2[C@@H](NC(=O)c1cccc[n+]1C)c1ccnc2ccccc12. The molecule has 5 atom stereocenters. The predicted octanol–water partition coefficient (Wildman–Crippen LogP) is 3.43. The number of aromatic nitrogens is 2. The summed E-state index contributed by atoms with van der Waals surface area (Å²) in [5.41, 5.74) is 2.76. The summed E-state index contributed by atoms with van der Waals surface area (Å²) in [5.74, 6) is 1.13. The largest absolute Gasteiger partial charge is 0.338 e. The Morgan fingerprint density at radius 1 is 1.26 bits per heavy atom. The van der Waals surface area contributed by atoms with Crippen LogP contribution < -0.4 is 9.88 Å². The average molecular weight is 414 g/mol. The van der Waals surface area contributed by atoms with Gasteiger partial charge in [-0.2, -0.15) is 4.57 Å². The van der Waals surface area contributed by atoms with E-state index in [9.17, 15) is 4.79 Å². The second kappa shape index (κ2) is 8.23. The average Bonchev–Trinajstić information content (AvgIpc) is 2.82. The summed E-state index contributed by atoms with van der Waals surface area (Å²) < 4.78 is 1.87. The Balaban J connectivity index is 1.55. The highest BCUT2D eigenvalue weighted by atomic mass is 16.2. The summed E-state index contributed by atoms with van der Waals surface area (Å²) in [6, 6.07) is 16.2. The monoisotopic (exact) mass is 413 g/mol. The molecule has 3 saturated heterocycles. The van der Waals surface area contributed by atoms with E-state index in [-0.39, 0.29) is 18.0 Å². The molecular weight excluding hydrogens is 384 g/mol. The summed E-state index contributed by atoms with van der Waals surface area (Å²) in [4.78, 5) is 20.5. The molecule has 3 fully saturated rings. The number of para-hydroxylation sites is 1. The molecule has 158 valence electrons. The Labute approximate surface area is 183 Å². The molecule has 1 amide bonds. The van der Waals surface area contributed by atoms with Crippen LogP contribution in [0.4, 0.5) is 0 Å². The van der Waals surface area contributed by atoms with Gasteiger partial charge in [-0.1, -0.05) is 24.3 Å². The summed E-state index contributed by atoms with van der Waals surface area (Å²) in [6.45, 7) is 6.16. The highest BCUT2D eigenvalue weighted by Crippen LogP contribution is 2.42. The highest BCUT2D eigenvalue weighted by Gasteiger charge is 2.43. The van der Waals surface area contributed by atoms with E-state index in [0.717, 1.165) is 36.0 Å². The highest BCUT2D eigenvalue weighted by molar-refractivity contribution is 5.92. The van der Waals surface area contributed by atoms with Gasteiger partial charge in [-0.3, -0.25) is 14.7 Å². The number of nitrogens with zero attached hydrogens (tertiary/aromatic N) is 3. The van der Waals surface area contributed by atoms with Gasteiger partial charge in [0.25, 0.3) is 5.69 Å². The topological polar surface area (TPSA) is 49.1 Å². The van der Waals surface area contributed by atoms with Gasteiger partial charge < -0.3 is 5.32 Å². The Morgan fingerprint density at radius 3 is 2.87 bits per heavy atom. The Morgan fingerprint density at radius 2 is 2.10 bits per heavy atom. The molecule has 0 saturated carbocycles. The lowest BCUT2D eigenvalue weighted by Gasteiger charge is -2.51. The first kappa shape index (κ1) is 19.9. The van der Waals surface area contributed by atoms with Crippen LogP contribution in [0.25, 0.3) is 10.9 Å². The molecule has 5 heteroatoms. The van der Waals surface area contributed by atoms with E-state index in [2.05, 4.69) is 40.0 Å². The van der Waals surface area contributed by atoms with Crippen LogP contribution in [0.3, 0.4) is 0 Å². The van der Waals surface area contributed by atoms with Crippen LogP contribution in [-0.2, 0) is 7.05 Å². The van der Waals surface area contributed by atoms with E-state index in [4.69, 9.17) is 0 Å². The van der Waals surface area contributed by atoms with Gasteiger partial charge in [0.1, 0.15) is 7.05 Å². The number of amides is 1. The van der Waals surface area contributed by atoms with Crippen molar-refractivity contribution in [1.29, 1.82) is 0 Å². The van der Waals surface area contributed by atoms with Gasteiger partial charge in [0.05, 0.1) is 11.6 Å². The molecule has 2 aromatic heterocycles. The number of aryl methyl sites for hydroxylation is 1. The number of hydrogen-bond acceptors (Lipinski definition) is 3.